The van der Waals surface area contributed by atoms with Crippen molar-refractivity contribution in [2.45, 2.75) is 0 Å². The number of ether oxygens (including phenoxy) is 2. The van der Waals surface area contributed by atoms with Crippen molar-refractivity contribution in [3.8, 4) is 5.75 Å². The molecule has 0 amide bonds. The zero-order valence-corrected chi connectivity index (χ0v) is 12.7. The number of benzene rings is 2. The molecule has 5 heteroatoms. The molecule has 0 aliphatic rings. The summed E-state index contributed by atoms with van der Waals surface area (Å²) in [6, 6.07) is 14.2. The Morgan fingerprint density at radius 1 is 1.00 bits per heavy atom. The van der Waals surface area contributed by atoms with Gasteiger partial charge in [-0.25, -0.2) is 0 Å². The summed E-state index contributed by atoms with van der Waals surface area (Å²) in [6.07, 6.45) is 0. The van der Waals surface area contributed by atoms with Gasteiger partial charge in [0.1, 0.15) is 19.0 Å². The molecule has 0 aliphatic carbocycles. The molecule has 2 rings (SSSR count). The van der Waals surface area contributed by atoms with E-state index in [2.05, 4.69) is 0 Å². The van der Waals surface area contributed by atoms with Crippen LogP contribution in [-0.4, -0.2) is 25.6 Å². The Bertz CT molecular complexity index is 600. The Hall–Kier alpha value is -1.55. The highest BCUT2D eigenvalue weighted by molar-refractivity contribution is 6.36. The van der Waals surface area contributed by atoms with Crippen LogP contribution in [0.4, 0.5) is 0 Å². The van der Waals surface area contributed by atoms with Crippen LogP contribution in [0.1, 0.15) is 10.4 Å². The maximum atomic E-state index is 11.9. The zero-order chi connectivity index (χ0) is 15.1. The quantitative estimate of drug-likeness (QED) is 0.563. The van der Waals surface area contributed by atoms with Crippen LogP contribution in [0, 0.1) is 0 Å². The maximum Gasteiger partial charge on any atom is 0.189 e. The van der Waals surface area contributed by atoms with Crippen molar-refractivity contribution in [2.24, 2.45) is 0 Å². The summed E-state index contributed by atoms with van der Waals surface area (Å²) < 4.78 is 10.7. The van der Waals surface area contributed by atoms with Crippen molar-refractivity contribution in [1.29, 1.82) is 0 Å². The Kier molecular flexibility index (Phi) is 6.05. The van der Waals surface area contributed by atoms with Crippen molar-refractivity contribution in [3.05, 3.63) is 64.1 Å². The second-order valence-corrected chi connectivity index (χ2v) is 5.11. The molecule has 0 heterocycles. The topological polar surface area (TPSA) is 35.5 Å². The zero-order valence-electron chi connectivity index (χ0n) is 11.2. The van der Waals surface area contributed by atoms with Crippen molar-refractivity contribution in [1.82, 2.24) is 0 Å². The molecule has 0 aromatic heterocycles. The standard InChI is InChI=1S/C16H14Cl2O3/c17-12-6-7-14(15(18)10-12)16(19)11-20-8-9-21-13-4-2-1-3-5-13/h1-7,10H,8-9,11H2. The summed E-state index contributed by atoms with van der Waals surface area (Å²) in [6.45, 7) is 0.664. The van der Waals surface area contributed by atoms with Crippen LogP contribution in [0.2, 0.25) is 10.0 Å². The number of halogens is 2. The van der Waals surface area contributed by atoms with E-state index in [9.17, 15) is 4.79 Å². The summed E-state index contributed by atoms with van der Waals surface area (Å²) in [5.41, 5.74) is 0.407. The van der Waals surface area contributed by atoms with Crippen LogP contribution >= 0.6 is 23.2 Å². The number of hydrogen-bond acceptors (Lipinski definition) is 3. The number of carbonyl (C=O) groups is 1. The lowest BCUT2D eigenvalue weighted by Crippen LogP contribution is -2.14. The fourth-order valence-electron chi connectivity index (χ4n) is 1.69. The first kappa shape index (κ1) is 15.8. The molecule has 0 aliphatic heterocycles. The van der Waals surface area contributed by atoms with Crippen molar-refractivity contribution in [2.75, 3.05) is 19.8 Å². The molecule has 0 saturated heterocycles. The van der Waals surface area contributed by atoms with Gasteiger partial charge in [-0.1, -0.05) is 41.4 Å². The number of carbonyl (C=O) groups excluding carboxylic acids is 1. The molecule has 0 bridgehead atoms. The summed E-state index contributed by atoms with van der Waals surface area (Å²) in [7, 11) is 0. The summed E-state index contributed by atoms with van der Waals surface area (Å²) >= 11 is 11.7. The molecule has 0 radical (unpaired) electrons. The third kappa shape index (κ3) is 5.05. The van der Waals surface area contributed by atoms with E-state index in [4.69, 9.17) is 32.7 Å². The molecule has 110 valence electrons. The Labute approximate surface area is 133 Å². The van der Waals surface area contributed by atoms with Gasteiger partial charge in [0.15, 0.2) is 5.78 Å². The van der Waals surface area contributed by atoms with Crippen LogP contribution in [0.15, 0.2) is 48.5 Å². The SMILES string of the molecule is O=C(COCCOc1ccccc1)c1ccc(Cl)cc1Cl. The molecule has 0 unspecified atom stereocenters. The third-order valence-corrected chi connectivity index (χ3v) is 3.25. The largest absolute Gasteiger partial charge is 0.491 e. The average Bonchev–Trinajstić information content (AvgIpc) is 2.47. The van der Waals surface area contributed by atoms with Gasteiger partial charge in [0.2, 0.25) is 0 Å². The van der Waals surface area contributed by atoms with Gasteiger partial charge in [-0.2, -0.15) is 0 Å². The molecular weight excluding hydrogens is 311 g/mol. The molecule has 0 atom stereocenters. The molecule has 0 fully saturated rings. The lowest BCUT2D eigenvalue weighted by molar-refractivity contribution is 0.0688. The second kappa shape index (κ2) is 8.03. The maximum absolute atomic E-state index is 11.9. The number of para-hydroxylation sites is 1. The lowest BCUT2D eigenvalue weighted by atomic mass is 10.1. The molecule has 21 heavy (non-hydrogen) atoms. The van der Waals surface area contributed by atoms with Gasteiger partial charge in [-0.3, -0.25) is 4.79 Å². The monoisotopic (exact) mass is 324 g/mol. The lowest BCUT2D eigenvalue weighted by Gasteiger charge is -2.07. The summed E-state index contributed by atoms with van der Waals surface area (Å²) in [5.74, 6) is 0.588. The van der Waals surface area contributed by atoms with Gasteiger partial charge in [0, 0.05) is 10.6 Å². The number of ketones is 1. The molecule has 0 spiro atoms. The predicted molar refractivity (Wildman–Crippen MR) is 83.5 cm³/mol. The van der Waals surface area contributed by atoms with Crippen molar-refractivity contribution < 1.29 is 14.3 Å². The van der Waals surface area contributed by atoms with Gasteiger partial charge < -0.3 is 9.47 Å². The molecule has 2 aromatic rings. The molecule has 0 saturated carbocycles. The van der Waals surface area contributed by atoms with Crippen LogP contribution in [0.25, 0.3) is 0 Å². The number of Topliss-reactive ketones (excluding diaryl/α,β-unsaturated/α-hetero) is 1. The summed E-state index contributed by atoms with van der Waals surface area (Å²) in [5, 5.41) is 0.824. The first-order chi connectivity index (χ1) is 10.2. The van der Waals surface area contributed by atoms with E-state index in [-0.39, 0.29) is 12.4 Å². The van der Waals surface area contributed by atoms with E-state index in [1.807, 2.05) is 30.3 Å². The van der Waals surface area contributed by atoms with E-state index in [1.54, 1.807) is 12.1 Å². The molecule has 0 N–H and O–H groups in total. The van der Waals surface area contributed by atoms with Crippen LogP contribution in [0.5, 0.6) is 5.75 Å². The van der Waals surface area contributed by atoms with Crippen molar-refractivity contribution >= 4 is 29.0 Å². The van der Waals surface area contributed by atoms with Gasteiger partial charge in [-0.05, 0) is 30.3 Å². The first-order valence-corrected chi connectivity index (χ1v) is 7.16. The van der Waals surface area contributed by atoms with E-state index in [0.717, 1.165) is 5.75 Å². The predicted octanol–water partition coefficient (Wildman–Crippen LogP) is 4.27. The highest BCUT2D eigenvalue weighted by atomic mass is 35.5. The van der Waals surface area contributed by atoms with Crippen LogP contribution in [0.3, 0.4) is 0 Å². The van der Waals surface area contributed by atoms with E-state index in [1.165, 1.54) is 6.07 Å². The Morgan fingerprint density at radius 2 is 1.76 bits per heavy atom. The normalized spacial score (nSPS) is 10.4. The Balaban J connectivity index is 1.72. The smallest absolute Gasteiger partial charge is 0.189 e. The highest BCUT2D eigenvalue weighted by Gasteiger charge is 2.10. The third-order valence-electron chi connectivity index (χ3n) is 2.70. The van der Waals surface area contributed by atoms with Crippen LogP contribution < -0.4 is 4.74 Å². The van der Waals surface area contributed by atoms with Gasteiger partial charge in [0.25, 0.3) is 0 Å². The number of hydrogen-bond donors (Lipinski definition) is 0. The van der Waals surface area contributed by atoms with Gasteiger partial charge in [0.05, 0.1) is 11.6 Å². The Morgan fingerprint density at radius 3 is 2.48 bits per heavy atom. The second-order valence-electron chi connectivity index (χ2n) is 4.26. The minimum atomic E-state index is -0.184. The molecule has 2 aromatic carbocycles. The fourth-order valence-corrected chi connectivity index (χ4v) is 2.21. The fraction of sp³-hybridized carbons (Fsp3) is 0.188. The summed E-state index contributed by atoms with van der Waals surface area (Å²) in [4.78, 5) is 11.9. The van der Waals surface area contributed by atoms with Gasteiger partial charge in [-0.15, -0.1) is 0 Å². The van der Waals surface area contributed by atoms with Crippen molar-refractivity contribution in [3.63, 3.8) is 0 Å². The highest BCUT2D eigenvalue weighted by Crippen LogP contribution is 2.21. The van der Waals surface area contributed by atoms with E-state index < -0.39 is 0 Å². The molecule has 3 nitrogen and oxygen atoms in total. The minimum absolute atomic E-state index is 0.0422. The first-order valence-electron chi connectivity index (χ1n) is 6.40. The molecular formula is C16H14Cl2O3. The number of rotatable bonds is 7. The van der Waals surface area contributed by atoms with Crippen LogP contribution in [-0.2, 0) is 4.74 Å². The van der Waals surface area contributed by atoms with Gasteiger partial charge >= 0.3 is 0 Å². The average molecular weight is 325 g/mol. The van der Waals surface area contributed by atoms with E-state index >= 15 is 0 Å². The van der Waals surface area contributed by atoms with E-state index in [0.29, 0.717) is 28.8 Å². The minimum Gasteiger partial charge on any atom is -0.491 e.